The molecule has 5 heteroatoms. The van der Waals surface area contributed by atoms with Crippen molar-refractivity contribution in [3.8, 4) is 0 Å². The highest BCUT2D eigenvalue weighted by Gasteiger charge is 2.14. The van der Waals surface area contributed by atoms with E-state index in [0.717, 1.165) is 5.96 Å². The molecule has 2 rings (SSSR count). The van der Waals surface area contributed by atoms with Gasteiger partial charge >= 0.3 is 0 Å². The van der Waals surface area contributed by atoms with E-state index in [2.05, 4.69) is 51.7 Å². The van der Waals surface area contributed by atoms with E-state index in [4.69, 9.17) is 0 Å². The van der Waals surface area contributed by atoms with E-state index in [-0.39, 0.29) is 30.0 Å². The van der Waals surface area contributed by atoms with Crippen LogP contribution in [0.15, 0.2) is 29.3 Å². The van der Waals surface area contributed by atoms with Gasteiger partial charge in [0.1, 0.15) is 0 Å². The Balaban J connectivity index is 0.00000200. The van der Waals surface area contributed by atoms with Gasteiger partial charge in [-0.2, -0.15) is 0 Å². The molecule has 20 heavy (non-hydrogen) atoms. The smallest absolute Gasteiger partial charge is 0.191 e. The summed E-state index contributed by atoms with van der Waals surface area (Å²) in [5.74, 6) is 0.819. The number of hydrogen-bond donors (Lipinski definition) is 2. The number of halogens is 1. The molecule has 0 radical (unpaired) electrons. The van der Waals surface area contributed by atoms with E-state index in [1.54, 1.807) is 7.05 Å². The van der Waals surface area contributed by atoms with Gasteiger partial charge in [0.25, 0.3) is 0 Å². The highest BCUT2D eigenvalue weighted by molar-refractivity contribution is 14.0. The van der Waals surface area contributed by atoms with Crippen LogP contribution in [0.4, 0.5) is 5.69 Å². The Bertz CT molecular complexity index is 441. The monoisotopic (exact) mass is 388 g/mol. The molecule has 0 saturated carbocycles. The Labute approximate surface area is 139 Å². The summed E-state index contributed by atoms with van der Waals surface area (Å²) in [4.78, 5) is 6.62. The summed E-state index contributed by atoms with van der Waals surface area (Å²) >= 11 is 0. The highest BCUT2D eigenvalue weighted by atomic mass is 127. The van der Waals surface area contributed by atoms with Crippen molar-refractivity contribution in [3.05, 3.63) is 29.8 Å². The van der Waals surface area contributed by atoms with Gasteiger partial charge in [-0.15, -0.1) is 24.0 Å². The van der Waals surface area contributed by atoms with Crippen molar-refractivity contribution in [2.24, 2.45) is 4.99 Å². The molecular formula is C15H25IN4. The van der Waals surface area contributed by atoms with Gasteiger partial charge in [0.15, 0.2) is 5.96 Å². The molecule has 1 aromatic rings. The standard InChI is InChI=1S/C15H24N4.HI/c1-12(18-15(16-2)17-3)13-7-6-8-14(11-13)19-9-4-5-10-19;/h6-8,11-12H,4-5,9-10H2,1-3H3,(H2,16,17,18);1H. The molecule has 1 aliphatic rings. The zero-order chi connectivity index (χ0) is 13.7. The van der Waals surface area contributed by atoms with Crippen LogP contribution in [-0.4, -0.2) is 33.1 Å². The van der Waals surface area contributed by atoms with Gasteiger partial charge in [-0.1, -0.05) is 12.1 Å². The Morgan fingerprint density at radius 2 is 2.00 bits per heavy atom. The zero-order valence-electron chi connectivity index (χ0n) is 12.5. The minimum atomic E-state index is 0. The first-order valence-electron chi connectivity index (χ1n) is 7.00. The number of rotatable bonds is 3. The first-order chi connectivity index (χ1) is 9.24. The lowest BCUT2D eigenvalue weighted by Gasteiger charge is -2.21. The normalized spacial score (nSPS) is 16.6. The van der Waals surface area contributed by atoms with E-state index in [9.17, 15) is 0 Å². The number of nitrogens with one attached hydrogen (secondary N) is 2. The Kier molecular flexibility index (Phi) is 7.12. The first-order valence-corrected chi connectivity index (χ1v) is 7.00. The average molecular weight is 388 g/mol. The summed E-state index contributed by atoms with van der Waals surface area (Å²) in [6.45, 7) is 4.53. The van der Waals surface area contributed by atoms with Crippen LogP contribution < -0.4 is 15.5 Å². The highest BCUT2D eigenvalue weighted by Crippen LogP contribution is 2.23. The fourth-order valence-corrected chi connectivity index (χ4v) is 2.50. The van der Waals surface area contributed by atoms with E-state index in [0.29, 0.717) is 0 Å². The first kappa shape index (κ1) is 17.1. The van der Waals surface area contributed by atoms with Crippen LogP contribution in [-0.2, 0) is 0 Å². The summed E-state index contributed by atoms with van der Waals surface area (Å²) in [6, 6.07) is 9.04. The van der Waals surface area contributed by atoms with Crippen molar-refractivity contribution in [1.29, 1.82) is 0 Å². The minimum Gasteiger partial charge on any atom is -0.372 e. The van der Waals surface area contributed by atoms with Crippen molar-refractivity contribution in [3.63, 3.8) is 0 Å². The third-order valence-electron chi connectivity index (χ3n) is 3.66. The Morgan fingerprint density at radius 1 is 1.30 bits per heavy atom. The SMILES string of the molecule is CN=C(NC)NC(C)c1cccc(N2CCCC2)c1.I. The number of benzene rings is 1. The summed E-state index contributed by atoms with van der Waals surface area (Å²) < 4.78 is 0. The Morgan fingerprint density at radius 3 is 2.60 bits per heavy atom. The summed E-state index contributed by atoms with van der Waals surface area (Å²) in [5.41, 5.74) is 2.63. The zero-order valence-corrected chi connectivity index (χ0v) is 14.8. The second-order valence-corrected chi connectivity index (χ2v) is 4.98. The van der Waals surface area contributed by atoms with Crippen LogP contribution in [0.2, 0.25) is 0 Å². The molecule has 2 N–H and O–H groups in total. The number of nitrogens with zero attached hydrogens (tertiary/aromatic N) is 2. The largest absolute Gasteiger partial charge is 0.372 e. The maximum atomic E-state index is 4.16. The van der Waals surface area contributed by atoms with Gasteiger partial charge < -0.3 is 15.5 Å². The predicted molar refractivity (Wildman–Crippen MR) is 97.3 cm³/mol. The Hall–Kier alpha value is -0.980. The third-order valence-corrected chi connectivity index (χ3v) is 3.66. The molecule has 0 amide bonds. The van der Waals surface area contributed by atoms with E-state index in [1.165, 1.54) is 37.2 Å². The number of anilines is 1. The molecule has 1 unspecified atom stereocenters. The molecule has 1 aliphatic heterocycles. The van der Waals surface area contributed by atoms with Crippen LogP contribution in [0.3, 0.4) is 0 Å². The molecule has 0 bridgehead atoms. The molecule has 0 aromatic heterocycles. The van der Waals surface area contributed by atoms with Crippen LogP contribution in [0.1, 0.15) is 31.4 Å². The molecule has 1 heterocycles. The van der Waals surface area contributed by atoms with Gasteiger partial charge in [-0.25, -0.2) is 0 Å². The van der Waals surface area contributed by atoms with Gasteiger partial charge in [-0.3, -0.25) is 4.99 Å². The van der Waals surface area contributed by atoms with E-state index >= 15 is 0 Å². The quantitative estimate of drug-likeness (QED) is 0.475. The van der Waals surface area contributed by atoms with Gasteiger partial charge in [0.05, 0.1) is 6.04 Å². The lowest BCUT2D eigenvalue weighted by Crippen LogP contribution is -2.36. The third kappa shape index (κ3) is 4.26. The summed E-state index contributed by atoms with van der Waals surface area (Å²) in [5, 5.41) is 6.42. The lowest BCUT2D eigenvalue weighted by molar-refractivity contribution is 0.698. The second kappa shape index (κ2) is 8.34. The van der Waals surface area contributed by atoms with Gasteiger partial charge in [0.2, 0.25) is 0 Å². The molecule has 4 nitrogen and oxygen atoms in total. The predicted octanol–water partition coefficient (Wildman–Crippen LogP) is 2.76. The van der Waals surface area contributed by atoms with Gasteiger partial charge in [0, 0.05) is 32.9 Å². The topological polar surface area (TPSA) is 39.7 Å². The molecule has 1 aromatic carbocycles. The van der Waals surface area contributed by atoms with Crippen LogP contribution >= 0.6 is 24.0 Å². The minimum absolute atomic E-state index is 0. The second-order valence-electron chi connectivity index (χ2n) is 4.98. The summed E-state index contributed by atoms with van der Waals surface area (Å²) in [7, 11) is 3.66. The molecule has 1 atom stereocenters. The number of guanidine groups is 1. The molecule has 0 spiro atoms. The van der Waals surface area contributed by atoms with E-state index in [1.807, 2.05) is 7.05 Å². The fraction of sp³-hybridized carbons (Fsp3) is 0.533. The number of aliphatic imine (C=N–C) groups is 1. The lowest BCUT2D eigenvalue weighted by atomic mass is 10.1. The molecular weight excluding hydrogens is 363 g/mol. The molecule has 1 saturated heterocycles. The van der Waals surface area contributed by atoms with Crippen LogP contribution in [0.5, 0.6) is 0 Å². The van der Waals surface area contributed by atoms with Crippen LogP contribution in [0.25, 0.3) is 0 Å². The molecule has 0 aliphatic carbocycles. The molecule has 1 fully saturated rings. The fourth-order valence-electron chi connectivity index (χ4n) is 2.50. The summed E-state index contributed by atoms with van der Waals surface area (Å²) in [6.07, 6.45) is 2.62. The van der Waals surface area contributed by atoms with E-state index < -0.39 is 0 Å². The average Bonchev–Trinajstić information content (AvgIpc) is 2.99. The van der Waals surface area contributed by atoms with Crippen molar-refractivity contribution < 1.29 is 0 Å². The van der Waals surface area contributed by atoms with Gasteiger partial charge in [-0.05, 0) is 37.5 Å². The van der Waals surface area contributed by atoms with Crippen molar-refractivity contribution >= 4 is 35.6 Å². The number of hydrogen-bond acceptors (Lipinski definition) is 2. The van der Waals surface area contributed by atoms with Crippen molar-refractivity contribution in [2.45, 2.75) is 25.8 Å². The van der Waals surface area contributed by atoms with Crippen molar-refractivity contribution in [1.82, 2.24) is 10.6 Å². The maximum Gasteiger partial charge on any atom is 0.191 e. The molecule has 112 valence electrons. The van der Waals surface area contributed by atoms with Crippen LogP contribution in [0, 0.1) is 0 Å². The maximum absolute atomic E-state index is 4.16. The van der Waals surface area contributed by atoms with Crippen molar-refractivity contribution in [2.75, 3.05) is 32.1 Å².